The van der Waals surface area contributed by atoms with Crippen LogP contribution in [0.25, 0.3) is 0 Å². The number of rotatable bonds is 7. The van der Waals surface area contributed by atoms with Crippen LogP contribution in [0, 0.1) is 5.92 Å². The molecular weight excluding hydrogens is 284 g/mol. The highest BCUT2D eigenvalue weighted by Crippen LogP contribution is 2.14. The molecule has 0 saturated carbocycles. The summed E-state index contributed by atoms with van der Waals surface area (Å²) in [5, 5.41) is 14.4. The Bertz CT molecular complexity index is 528. The van der Waals surface area contributed by atoms with E-state index in [4.69, 9.17) is 0 Å². The van der Waals surface area contributed by atoms with Gasteiger partial charge in [0, 0.05) is 6.92 Å². The van der Waals surface area contributed by atoms with Gasteiger partial charge in [-0.15, -0.1) is 0 Å². The van der Waals surface area contributed by atoms with E-state index in [0.29, 0.717) is 12.0 Å². The Morgan fingerprint density at radius 3 is 2.14 bits per heavy atom. The van der Waals surface area contributed by atoms with Gasteiger partial charge in [0.25, 0.3) is 0 Å². The van der Waals surface area contributed by atoms with Crippen molar-refractivity contribution in [2.24, 2.45) is 5.92 Å². The quantitative estimate of drug-likeness (QED) is 0.711. The molecule has 1 aromatic carbocycles. The van der Waals surface area contributed by atoms with Crippen molar-refractivity contribution in [1.82, 2.24) is 10.6 Å². The highest BCUT2D eigenvalue weighted by atomic mass is 16.4. The number of hydrogen-bond donors (Lipinski definition) is 3. The van der Waals surface area contributed by atoms with Gasteiger partial charge in [-0.25, -0.2) is 4.79 Å². The molecule has 0 saturated heterocycles. The summed E-state index contributed by atoms with van der Waals surface area (Å²) in [4.78, 5) is 34.9. The van der Waals surface area contributed by atoms with Gasteiger partial charge >= 0.3 is 5.97 Å². The zero-order chi connectivity index (χ0) is 16.7. The molecule has 0 aliphatic rings. The fraction of sp³-hybridized carbons (Fsp3) is 0.438. The van der Waals surface area contributed by atoms with Gasteiger partial charge in [0.1, 0.15) is 6.04 Å². The number of carboxylic acid groups (broad SMARTS) is 1. The van der Waals surface area contributed by atoms with Crippen LogP contribution in [0.3, 0.4) is 0 Å². The van der Waals surface area contributed by atoms with Crippen molar-refractivity contribution in [3.63, 3.8) is 0 Å². The van der Waals surface area contributed by atoms with Crippen molar-refractivity contribution < 1.29 is 19.5 Å². The van der Waals surface area contributed by atoms with Crippen LogP contribution in [-0.4, -0.2) is 28.9 Å². The molecule has 0 aliphatic heterocycles. The maximum Gasteiger partial charge on any atom is 0.330 e. The van der Waals surface area contributed by atoms with Crippen LogP contribution in [0.4, 0.5) is 0 Å². The first-order valence-electron chi connectivity index (χ1n) is 7.16. The predicted molar refractivity (Wildman–Crippen MR) is 82.0 cm³/mol. The van der Waals surface area contributed by atoms with Gasteiger partial charge < -0.3 is 15.7 Å². The van der Waals surface area contributed by atoms with Gasteiger partial charge in [-0.3, -0.25) is 9.59 Å². The average molecular weight is 306 g/mol. The second-order valence-electron chi connectivity index (χ2n) is 5.57. The third kappa shape index (κ3) is 5.55. The molecule has 0 radical (unpaired) electrons. The topological polar surface area (TPSA) is 95.5 Å². The molecule has 1 aromatic rings. The summed E-state index contributed by atoms with van der Waals surface area (Å²) < 4.78 is 0. The minimum atomic E-state index is -1.15. The molecule has 0 bridgehead atoms. The maximum atomic E-state index is 12.3. The number of hydrogen-bond acceptors (Lipinski definition) is 3. The molecule has 0 heterocycles. The summed E-state index contributed by atoms with van der Waals surface area (Å²) >= 11 is 0. The Hall–Kier alpha value is -2.37. The fourth-order valence-corrected chi connectivity index (χ4v) is 2.12. The van der Waals surface area contributed by atoms with Crippen molar-refractivity contribution in [3.8, 4) is 0 Å². The molecule has 6 nitrogen and oxygen atoms in total. The highest BCUT2D eigenvalue weighted by Gasteiger charge is 2.27. The summed E-state index contributed by atoms with van der Waals surface area (Å²) in [6, 6.07) is 6.56. The SMILES string of the molecule is CC(=O)N[C@H](CC(C)C)C(=O)N[C@H](C(=O)O)c1ccccc1. The zero-order valence-electron chi connectivity index (χ0n) is 13.0. The van der Waals surface area contributed by atoms with Crippen molar-refractivity contribution in [3.05, 3.63) is 35.9 Å². The van der Waals surface area contributed by atoms with Gasteiger partial charge in [-0.2, -0.15) is 0 Å². The molecule has 0 fully saturated rings. The predicted octanol–water partition coefficient (Wildman–Crippen LogP) is 1.48. The van der Waals surface area contributed by atoms with Crippen molar-refractivity contribution in [2.45, 2.75) is 39.3 Å². The lowest BCUT2D eigenvalue weighted by Crippen LogP contribution is -2.48. The van der Waals surface area contributed by atoms with E-state index in [2.05, 4.69) is 10.6 Å². The number of benzene rings is 1. The first kappa shape index (κ1) is 17.7. The van der Waals surface area contributed by atoms with Crippen LogP contribution in [0.5, 0.6) is 0 Å². The molecule has 0 unspecified atom stereocenters. The Labute approximate surface area is 129 Å². The minimum absolute atomic E-state index is 0.183. The second kappa shape index (κ2) is 8.17. The zero-order valence-corrected chi connectivity index (χ0v) is 13.0. The van der Waals surface area contributed by atoms with Crippen molar-refractivity contribution in [1.29, 1.82) is 0 Å². The molecule has 22 heavy (non-hydrogen) atoms. The van der Waals surface area contributed by atoms with E-state index >= 15 is 0 Å². The Morgan fingerprint density at radius 1 is 1.09 bits per heavy atom. The summed E-state index contributed by atoms with van der Waals surface area (Å²) in [7, 11) is 0. The molecule has 1 rings (SSSR count). The molecule has 2 amide bonds. The number of amides is 2. The number of aliphatic carboxylic acids is 1. The lowest BCUT2D eigenvalue weighted by Gasteiger charge is -2.22. The van der Waals surface area contributed by atoms with Gasteiger partial charge in [0.15, 0.2) is 6.04 Å². The fourth-order valence-electron chi connectivity index (χ4n) is 2.12. The van der Waals surface area contributed by atoms with Crippen LogP contribution in [-0.2, 0) is 14.4 Å². The van der Waals surface area contributed by atoms with Crippen LogP contribution in [0.2, 0.25) is 0 Å². The van der Waals surface area contributed by atoms with E-state index < -0.39 is 24.0 Å². The molecule has 0 aliphatic carbocycles. The van der Waals surface area contributed by atoms with E-state index in [9.17, 15) is 19.5 Å². The van der Waals surface area contributed by atoms with E-state index in [1.165, 1.54) is 6.92 Å². The third-order valence-corrected chi connectivity index (χ3v) is 3.07. The number of carbonyl (C=O) groups is 3. The highest BCUT2D eigenvalue weighted by molar-refractivity contribution is 5.90. The minimum Gasteiger partial charge on any atom is -0.479 e. The maximum absolute atomic E-state index is 12.3. The number of carbonyl (C=O) groups excluding carboxylic acids is 2. The van der Waals surface area contributed by atoms with E-state index in [-0.39, 0.29) is 11.8 Å². The van der Waals surface area contributed by atoms with Gasteiger partial charge in [0.2, 0.25) is 11.8 Å². The molecule has 2 atom stereocenters. The lowest BCUT2D eigenvalue weighted by molar-refractivity contribution is -0.142. The van der Waals surface area contributed by atoms with Crippen LogP contribution in [0.1, 0.15) is 38.8 Å². The first-order chi connectivity index (χ1) is 10.3. The van der Waals surface area contributed by atoms with Crippen molar-refractivity contribution >= 4 is 17.8 Å². The summed E-state index contributed by atoms with van der Waals surface area (Å²) in [5.41, 5.74) is 0.481. The van der Waals surface area contributed by atoms with E-state index in [1.807, 2.05) is 13.8 Å². The number of nitrogens with one attached hydrogen (secondary N) is 2. The molecule has 120 valence electrons. The smallest absolute Gasteiger partial charge is 0.330 e. The lowest BCUT2D eigenvalue weighted by atomic mass is 10.0. The molecule has 0 aromatic heterocycles. The Kier molecular flexibility index (Phi) is 6.56. The van der Waals surface area contributed by atoms with Gasteiger partial charge in [-0.05, 0) is 17.9 Å². The van der Waals surface area contributed by atoms with E-state index in [1.54, 1.807) is 30.3 Å². The summed E-state index contributed by atoms with van der Waals surface area (Å²) in [6.07, 6.45) is 0.437. The summed E-state index contributed by atoms with van der Waals surface area (Å²) in [6.45, 7) is 5.18. The molecule has 0 spiro atoms. The normalized spacial score (nSPS) is 13.3. The third-order valence-electron chi connectivity index (χ3n) is 3.07. The van der Waals surface area contributed by atoms with Crippen LogP contribution >= 0.6 is 0 Å². The van der Waals surface area contributed by atoms with Gasteiger partial charge in [-0.1, -0.05) is 44.2 Å². The van der Waals surface area contributed by atoms with Crippen LogP contribution in [0.15, 0.2) is 30.3 Å². The molecule has 3 N–H and O–H groups in total. The monoisotopic (exact) mass is 306 g/mol. The van der Waals surface area contributed by atoms with Gasteiger partial charge in [0.05, 0.1) is 0 Å². The first-order valence-corrected chi connectivity index (χ1v) is 7.16. The summed E-state index contributed by atoms with van der Waals surface area (Å²) in [5.74, 6) is -1.79. The average Bonchev–Trinajstić information content (AvgIpc) is 2.43. The second-order valence-corrected chi connectivity index (χ2v) is 5.57. The number of carboxylic acids is 1. The van der Waals surface area contributed by atoms with Crippen molar-refractivity contribution in [2.75, 3.05) is 0 Å². The molecule has 6 heteroatoms. The Balaban J connectivity index is 2.88. The van der Waals surface area contributed by atoms with E-state index in [0.717, 1.165) is 0 Å². The molecular formula is C16H22N2O4. The van der Waals surface area contributed by atoms with Crippen LogP contribution < -0.4 is 10.6 Å². The largest absolute Gasteiger partial charge is 0.479 e. The standard InChI is InChI=1S/C16H22N2O4/c1-10(2)9-13(17-11(3)19)15(20)18-14(16(21)22)12-7-5-4-6-8-12/h4-8,10,13-14H,9H2,1-3H3,(H,17,19)(H,18,20)(H,21,22)/t13-,14+/m1/s1. The Morgan fingerprint density at radius 2 is 1.68 bits per heavy atom.